The van der Waals surface area contributed by atoms with Crippen molar-refractivity contribution in [3.05, 3.63) is 59.3 Å². The number of carbonyl (C=O) groups is 1. The zero-order valence-corrected chi connectivity index (χ0v) is 14.6. The van der Waals surface area contributed by atoms with E-state index in [9.17, 15) is 9.90 Å². The number of aliphatic carboxylic acids is 1. The summed E-state index contributed by atoms with van der Waals surface area (Å²) >= 11 is 0. The maximum absolute atomic E-state index is 11.7. The minimum atomic E-state index is -0.868. The summed E-state index contributed by atoms with van der Waals surface area (Å²) in [5, 5.41) is 13.9. The smallest absolute Gasteiger partial charge is 0.321 e. The van der Waals surface area contributed by atoms with Crippen molar-refractivity contribution in [2.24, 2.45) is 0 Å². The van der Waals surface area contributed by atoms with Crippen molar-refractivity contribution < 1.29 is 19.4 Å². The molecule has 2 atom stereocenters. The summed E-state index contributed by atoms with van der Waals surface area (Å²) in [4.78, 5) is 15.2. The lowest BCUT2D eigenvalue weighted by Gasteiger charge is -2.30. The molecular formula is C20H20N2O4. The number of carboxylic acid groups (broad SMARTS) is 1. The number of H-pyrrole nitrogens is 1. The van der Waals surface area contributed by atoms with Gasteiger partial charge >= 0.3 is 5.97 Å². The Bertz CT molecular complexity index is 979. The van der Waals surface area contributed by atoms with Gasteiger partial charge in [-0.15, -0.1) is 0 Å². The average molecular weight is 352 g/mol. The first-order valence-corrected chi connectivity index (χ1v) is 8.43. The van der Waals surface area contributed by atoms with Crippen LogP contribution in [0, 0.1) is 0 Å². The molecule has 2 aromatic carbocycles. The number of ether oxygens (including phenoxy) is 2. The largest absolute Gasteiger partial charge is 0.493 e. The molecule has 0 fully saturated rings. The normalized spacial score (nSPS) is 19.2. The summed E-state index contributed by atoms with van der Waals surface area (Å²) in [5.74, 6) is 0.345. The molecule has 0 spiro atoms. The van der Waals surface area contributed by atoms with Gasteiger partial charge in [0.15, 0.2) is 11.5 Å². The van der Waals surface area contributed by atoms with E-state index >= 15 is 0 Å². The van der Waals surface area contributed by atoms with Gasteiger partial charge in [0.1, 0.15) is 6.04 Å². The van der Waals surface area contributed by atoms with Crippen molar-refractivity contribution in [2.45, 2.75) is 18.5 Å². The Morgan fingerprint density at radius 1 is 1.12 bits per heavy atom. The fourth-order valence-electron chi connectivity index (χ4n) is 3.78. The van der Waals surface area contributed by atoms with Gasteiger partial charge in [-0.25, -0.2) is 0 Å². The Morgan fingerprint density at radius 3 is 2.65 bits per heavy atom. The molecule has 2 heterocycles. The number of aromatic amines is 1. The maximum atomic E-state index is 11.7. The highest BCUT2D eigenvalue weighted by Gasteiger charge is 2.35. The second-order valence-corrected chi connectivity index (χ2v) is 6.34. The van der Waals surface area contributed by atoms with Gasteiger partial charge in [0, 0.05) is 28.6 Å². The zero-order chi connectivity index (χ0) is 18.3. The lowest BCUT2D eigenvalue weighted by atomic mass is 9.90. The average Bonchev–Trinajstić information content (AvgIpc) is 3.05. The van der Waals surface area contributed by atoms with Gasteiger partial charge in [-0.3, -0.25) is 10.1 Å². The molecule has 0 saturated carbocycles. The lowest BCUT2D eigenvalue weighted by Crippen LogP contribution is -2.45. The SMILES string of the molecule is COc1cccc([C@H]2N[C@H](C(=O)O)Cc3c2[nH]c2ccccc32)c1OC. The van der Waals surface area contributed by atoms with E-state index in [1.807, 2.05) is 42.5 Å². The highest BCUT2D eigenvalue weighted by molar-refractivity contribution is 5.87. The van der Waals surface area contributed by atoms with E-state index in [1.165, 1.54) is 0 Å². The molecule has 134 valence electrons. The van der Waals surface area contributed by atoms with E-state index in [-0.39, 0.29) is 6.04 Å². The fraction of sp³-hybridized carbons (Fsp3) is 0.250. The molecule has 0 saturated heterocycles. The second kappa shape index (κ2) is 6.38. The van der Waals surface area contributed by atoms with Gasteiger partial charge in [-0.05, 0) is 17.7 Å². The van der Waals surface area contributed by atoms with Crippen molar-refractivity contribution in [3.8, 4) is 11.5 Å². The van der Waals surface area contributed by atoms with Crippen molar-refractivity contribution in [3.63, 3.8) is 0 Å². The number of para-hydroxylation sites is 2. The Hall–Kier alpha value is -2.99. The molecular weight excluding hydrogens is 332 g/mol. The number of aromatic nitrogens is 1. The summed E-state index contributed by atoms with van der Waals surface area (Å²) in [6.07, 6.45) is 0.428. The number of rotatable bonds is 4. The van der Waals surface area contributed by atoms with Gasteiger partial charge in [-0.2, -0.15) is 0 Å². The van der Waals surface area contributed by atoms with Crippen LogP contribution in [0.4, 0.5) is 0 Å². The van der Waals surface area contributed by atoms with E-state index in [2.05, 4.69) is 10.3 Å². The summed E-state index contributed by atoms with van der Waals surface area (Å²) in [6.45, 7) is 0. The summed E-state index contributed by atoms with van der Waals surface area (Å²) < 4.78 is 11.0. The molecule has 1 aliphatic rings. The van der Waals surface area contributed by atoms with E-state index < -0.39 is 12.0 Å². The third-order valence-corrected chi connectivity index (χ3v) is 4.95. The molecule has 0 radical (unpaired) electrons. The van der Waals surface area contributed by atoms with E-state index in [0.29, 0.717) is 17.9 Å². The Kier molecular flexibility index (Phi) is 4.05. The molecule has 6 nitrogen and oxygen atoms in total. The molecule has 3 aromatic rings. The van der Waals surface area contributed by atoms with Gasteiger partial charge < -0.3 is 19.6 Å². The van der Waals surface area contributed by atoms with Crippen LogP contribution in [-0.2, 0) is 11.2 Å². The van der Waals surface area contributed by atoms with Crippen molar-refractivity contribution >= 4 is 16.9 Å². The number of carboxylic acids is 1. The van der Waals surface area contributed by atoms with E-state index in [4.69, 9.17) is 9.47 Å². The third-order valence-electron chi connectivity index (χ3n) is 4.95. The molecule has 1 aliphatic heterocycles. The second-order valence-electron chi connectivity index (χ2n) is 6.34. The molecule has 4 rings (SSSR count). The lowest BCUT2D eigenvalue weighted by molar-refractivity contribution is -0.139. The highest BCUT2D eigenvalue weighted by atomic mass is 16.5. The Balaban J connectivity index is 1.93. The van der Waals surface area contributed by atoms with Crippen LogP contribution in [0.3, 0.4) is 0 Å². The van der Waals surface area contributed by atoms with Gasteiger partial charge in [-0.1, -0.05) is 30.3 Å². The molecule has 3 N–H and O–H groups in total. The Labute approximate surface area is 150 Å². The quantitative estimate of drug-likeness (QED) is 0.672. The van der Waals surface area contributed by atoms with Crippen LogP contribution in [0.15, 0.2) is 42.5 Å². The molecule has 1 aromatic heterocycles. The molecule has 26 heavy (non-hydrogen) atoms. The molecule has 6 heteroatoms. The standard InChI is InChI=1S/C20H20N2O4/c1-25-16-9-5-7-12(19(16)26-2)17-18-13(10-15(22-17)20(23)24)11-6-3-4-8-14(11)21-18/h3-9,15,17,21-22H,10H2,1-2H3,(H,23,24)/t15-,17+/m0/s1. The Morgan fingerprint density at radius 2 is 1.92 bits per heavy atom. The monoisotopic (exact) mass is 352 g/mol. The van der Waals surface area contributed by atoms with Gasteiger partial charge in [0.2, 0.25) is 0 Å². The third kappa shape index (κ3) is 2.50. The highest BCUT2D eigenvalue weighted by Crippen LogP contribution is 2.41. The zero-order valence-electron chi connectivity index (χ0n) is 14.6. The molecule has 0 amide bonds. The van der Waals surface area contributed by atoms with Crippen LogP contribution in [0.25, 0.3) is 10.9 Å². The predicted octanol–water partition coefficient (Wildman–Crippen LogP) is 2.87. The predicted molar refractivity (Wildman–Crippen MR) is 98.0 cm³/mol. The first kappa shape index (κ1) is 16.5. The first-order chi connectivity index (χ1) is 12.6. The number of hydrogen-bond donors (Lipinski definition) is 3. The van der Waals surface area contributed by atoms with Crippen LogP contribution >= 0.6 is 0 Å². The van der Waals surface area contributed by atoms with Crippen LogP contribution in [0.5, 0.6) is 11.5 Å². The molecule has 0 unspecified atom stereocenters. The number of fused-ring (bicyclic) bond motifs is 3. The van der Waals surface area contributed by atoms with Crippen molar-refractivity contribution in [1.82, 2.24) is 10.3 Å². The van der Waals surface area contributed by atoms with Crippen molar-refractivity contribution in [2.75, 3.05) is 14.2 Å². The van der Waals surface area contributed by atoms with E-state index in [0.717, 1.165) is 27.7 Å². The molecule has 0 aliphatic carbocycles. The molecule has 0 bridgehead atoms. The van der Waals surface area contributed by atoms with Crippen LogP contribution in [-0.4, -0.2) is 36.3 Å². The van der Waals surface area contributed by atoms with Crippen molar-refractivity contribution in [1.29, 1.82) is 0 Å². The number of hydrogen-bond acceptors (Lipinski definition) is 4. The summed E-state index contributed by atoms with van der Waals surface area (Å²) in [7, 11) is 3.18. The summed E-state index contributed by atoms with van der Waals surface area (Å²) in [6, 6.07) is 12.6. The minimum absolute atomic E-state index is 0.336. The van der Waals surface area contributed by atoms with Crippen LogP contribution < -0.4 is 14.8 Å². The number of methoxy groups -OCH3 is 2. The fourth-order valence-corrected chi connectivity index (χ4v) is 3.78. The first-order valence-electron chi connectivity index (χ1n) is 8.43. The summed E-state index contributed by atoms with van der Waals surface area (Å²) in [5.41, 5.74) is 3.83. The van der Waals surface area contributed by atoms with Crippen LogP contribution in [0.2, 0.25) is 0 Å². The number of benzene rings is 2. The minimum Gasteiger partial charge on any atom is -0.493 e. The maximum Gasteiger partial charge on any atom is 0.321 e. The van der Waals surface area contributed by atoms with Gasteiger partial charge in [0.05, 0.1) is 20.3 Å². The van der Waals surface area contributed by atoms with E-state index in [1.54, 1.807) is 14.2 Å². The van der Waals surface area contributed by atoms with Gasteiger partial charge in [0.25, 0.3) is 0 Å². The number of nitrogens with one attached hydrogen (secondary N) is 2. The topological polar surface area (TPSA) is 83.6 Å². The van der Waals surface area contributed by atoms with Crippen LogP contribution in [0.1, 0.15) is 22.9 Å².